The third kappa shape index (κ3) is 1.89. The molecule has 1 N–H and O–H groups in total. The van der Waals surface area contributed by atoms with Crippen molar-refractivity contribution < 1.29 is 14.7 Å². The van der Waals surface area contributed by atoms with Crippen LogP contribution in [0.4, 0.5) is 0 Å². The number of benzene rings is 2. The minimum atomic E-state index is -0.677. The smallest absolute Gasteiger partial charge is 0.237 e. The number of Topliss-reactive ketones (excluding diaryl/α,β-unsaturated/α-hetero) is 2. The standard InChI is InChI=1S/C16H9BrO3/c17-10-7-5-9(6-8-10)13-14(18)11-3-1-2-4-12(11)15(19)16(13)20/h1-8,18H. The molecule has 0 saturated carbocycles. The lowest BCUT2D eigenvalue weighted by atomic mass is 9.85. The molecule has 0 heterocycles. The normalized spacial score (nSPS) is 14.4. The first-order chi connectivity index (χ1) is 9.59. The highest BCUT2D eigenvalue weighted by atomic mass is 79.9. The number of aliphatic hydroxyl groups excluding tert-OH is 1. The largest absolute Gasteiger partial charge is 0.506 e. The molecule has 1 aliphatic carbocycles. The van der Waals surface area contributed by atoms with Gasteiger partial charge in [0.2, 0.25) is 11.6 Å². The molecule has 0 atom stereocenters. The monoisotopic (exact) mass is 328 g/mol. The van der Waals surface area contributed by atoms with E-state index in [9.17, 15) is 14.7 Å². The van der Waals surface area contributed by atoms with E-state index in [4.69, 9.17) is 0 Å². The van der Waals surface area contributed by atoms with Crippen LogP contribution in [0.15, 0.2) is 53.0 Å². The Morgan fingerprint density at radius 1 is 0.800 bits per heavy atom. The summed E-state index contributed by atoms with van der Waals surface area (Å²) in [5, 5.41) is 10.3. The fraction of sp³-hybridized carbons (Fsp3) is 0. The molecule has 1 aliphatic rings. The van der Waals surface area contributed by atoms with Crippen LogP contribution in [0, 0.1) is 0 Å². The quantitative estimate of drug-likeness (QED) is 0.813. The number of hydrogen-bond acceptors (Lipinski definition) is 3. The van der Waals surface area contributed by atoms with Gasteiger partial charge in [0.25, 0.3) is 0 Å². The Morgan fingerprint density at radius 3 is 2.05 bits per heavy atom. The topological polar surface area (TPSA) is 54.4 Å². The van der Waals surface area contributed by atoms with Crippen LogP contribution in [0.25, 0.3) is 11.3 Å². The van der Waals surface area contributed by atoms with Gasteiger partial charge in [0.15, 0.2) is 0 Å². The molecular formula is C16H9BrO3. The van der Waals surface area contributed by atoms with Gasteiger partial charge in [0.05, 0.1) is 5.57 Å². The van der Waals surface area contributed by atoms with Gasteiger partial charge < -0.3 is 5.11 Å². The van der Waals surface area contributed by atoms with Crippen LogP contribution < -0.4 is 0 Å². The molecule has 4 heteroatoms. The average molecular weight is 329 g/mol. The SMILES string of the molecule is O=C1C(=O)c2ccccc2C(O)=C1c1ccc(Br)cc1. The highest BCUT2D eigenvalue weighted by Gasteiger charge is 2.33. The van der Waals surface area contributed by atoms with Crippen molar-refractivity contribution in [3.63, 3.8) is 0 Å². The molecule has 3 rings (SSSR count). The maximum absolute atomic E-state index is 12.2. The predicted molar refractivity (Wildman–Crippen MR) is 79.4 cm³/mol. The van der Waals surface area contributed by atoms with Crippen LogP contribution >= 0.6 is 15.9 Å². The Balaban J connectivity index is 2.26. The third-order valence-corrected chi connectivity index (χ3v) is 3.76. The molecule has 0 unspecified atom stereocenters. The van der Waals surface area contributed by atoms with E-state index in [1.165, 1.54) is 0 Å². The maximum atomic E-state index is 12.2. The van der Waals surface area contributed by atoms with E-state index in [0.29, 0.717) is 11.1 Å². The van der Waals surface area contributed by atoms with Gasteiger partial charge >= 0.3 is 0 Å². The van der Waals surface area contributed by atoms with Crippen LogP contribution in [-0.4, -0.2) is 16.7 Å². The third-order valence-electron chi connectivity index (χ3n) is 3.23. The first-order valence-electron chi connectivity index (χ1n) is 5.97. The molecule has 0 spiro atoms. The number of aliphatic hydroxyl groups is 1. The summed E-state index contributed by atoms with van der Waals surface area (Å²) in [6.07, 6.45) is 0. The molecule has 0 radical (unpaired) electrons. The molecule has 20 heavy (non-hydrogen) atoms. The molecule has 98 valence electrons. The van der Waals surface area contributed by atoms with Gasteiger partial charge in [-0.05, 0) is 17.7 Å². The van der Waals surface area contributed by atoms with Gasteiger partial charge in [0.1, 0.15) is 5.76 Å². The maximum Gasteiger partial charge on any atom is 0.237 e. The average Bonchev–Trinajstić information content (AvgIpc) is 2.47. The van der Waals surface area contributed by atoms with Gasteiger partial charge in [-0.1, -0.05) is 52.3 Å². The van der Waals surface area contributed by atoms with Gasteiger partial charge in [0, 0.05) is 15.6 Å². The molecule has 3 nitrogen and oxygen atoms in total. The fourth-order valence-electron chi connectivity index (χ4n) is 2.25. The van der Waals surface area contributed by atoms with E-state index in [1.54, 1.807) is 48.5 Å². The van der Waals surface area contributed by atoms with Crippen molar-refractivity contribution in [1.82, 2.24) is 0 Å². The molecule has 0 saturated heterocycles. The number of carbonyl (C=O) groups is 2. The lowest BCUT2D eigenvalue weighted by Gasteiger charge is -2.17. The summed E-state index contributed by atoms with van der Waals surface area (Å²) in [4.78, 5) is 24.3. The minimum absolute atomic E-state index is 0.0567. The molecule has 0 fully saturated rings. The first-order valence-corrected chi connectivity index (χ1v) is 6.76. The number of hydrogen-bond donors (Lipinski definition) is 1. The van der Waals surface area contributed by atoms with Gasteiger partial charge in [-0.3, -0.25) is 9.59 Å². The second kappa shape index (κ2) is 4.72. The van der Waals surface area contributed by atoms with E-state index < -0.39 is 11.6 Å². The second-order valence-electron chi connectivity index (χ2n) is 4.43. The van der Waals surface area contributed by atoms with Gasteiger partial charge in [-0.15, -0.1) is 0 Å². The summed E-state index contributed by atoms with van der Waals surface area (Å²) >= 11 is 3.31. The van der Waals surface area contributed by atoms with Crippen LogP contribution in [0.5, 0.6) is 0 Å². The van der Waals surface area contributed by atoms with Gasteiger partial charge in [-0.2, -0.15) is 0 Å². The van der Waals surface area contributed by atoms with Crippen molar-refractivity contribution in [3.8, 4) is 0 Å². The van der Waals surface area contributed by atoms with Gasteiger partial charge in [-0.25, -0.2) is 0 Å². The van der Waals surface area contributed by atoms with Crippen molar-refractivity contribution in [2.24, 2.45) is 0 Å². The van der Waals surface area contributed by atoms with Crippen molar-refractivity contribution in [1.29, 1.82) is 0 Å². The number of rotatable bonds is 1. The molecule has 2 aromatic carbocycles. The number of allylic oxidation sites excluding steroid dienone is 1. The second-order valence-corrected chi connectivity index (χ2v) is 5.35. The molecule has 0 aromatic heterocycles. The highest BCUT2D eigenvalue weighted by molar-refractivity contribution is 9.10. The van der Waals surface area contributed by atoms with Crippen LogP contribution in [0.3, 0.4) is 0 Å². The van der Waals surface area contributed by atoms with Crippen molar-refractivity contribution in [2.75, 3.05) is 0 Å². The molecule has 0 amide bonds. The molecular weight excluding hydrogens is 320 g/mol. The Labute approximate surface area is 123 Å². The summed E-state index contributed by atoms with van der Waals surface area (Å²) in [6.45, 7) is 0. The summed E-state index contributed by atoms with van der Waals surface area (Å²) in [5.41, 5.74) is 1.23. The minimum Gasteiger partial charge on any atom is -0.506 e. The Bertz CT molecular complexity index is 758. The summed E-state index contributed by atoms with van der Waals surface area (Å²) in [7, 11) is 0. The van der Waals surface area contributed by atoms with E-state index in [0.717, 1.165) is 4.47 Å². The van der Waals surface area contributed by atoms with Crippen LogP contribution in [0.2, 0.25) is 0 Å². The van der Waals surface area contributed by atoms with E-state index in [-0.39, 0.29) is 16.9 Å². The van der Waals surface area contributed by atoms with Crippen molar-refractivity contribution in [3.05, 3.63) is 69.7 Å². The van der Waals surface area contributed by atoms with E-state index in [2.05, 4.69) is 15.9 Å². The predicted octanol–water partition coefficient (Wildman–Crippen LogP) is 3.64. The molecule has 0 bridgehead atoms. The van der Waals surface area contributed by atoms with E-state index >= 15 is 0 Å². The molecule has 0 aliphatic heterocycles. The lowest BCUT2D eigenvalue weighted by molar-refractivity contribution is -0.110. The van der Waals surface area contributed by atoms with Crippen LogP contribution in [0.1, 0.15) is 21.5 Å². The zero-order valence-corrected chi connectivity index (χ0v) is 11.8. The zero-order valence-electron chi connectivity index (χ0n) is 10.3. The number of fused-ring (bicyclic) bond motifs is 1. The summed E-state index contributed by atoms with van der Waals surface area (Å²) in [5.74, 6) is -1.41. The highest BCUT2D eigenvalue weighted by Crippen LogP contribution is 2.33. The number of carbonyl (C=O) groups excluding carboxylic acids is 2. The first kappa shape index (κ1) is 12.8. The Morgan fingerprint density at radius 2 is 1.40 bits per heavy atom. The van der Waals surface area contributed by atoms with Crippen molar-refractivity contribution in [2.45, 2.75) is 0 Å². The number of halogens is 1. The zero-order chi connectivity index (χ0) is 14.3. The summed E-state index contributed by atoms with van der Waals surface area (Å²) in [6, 6.07) is 13.5. The Hall–Kier alpha value is -2.20. The number of ketones is 2. The lowest BCUT2D eigenvalue weighted by Crippen LogP contribution is -2.23. The molecule has 2 aromatic rings. The van der Waals surface area contributed by atoms with Crippen LogP contribution in [-0.2, 0) is 4.79 Å². The van der Waals surface area contributed by atoms with E-state index in [1.807, 2.05) is 0 Å². The fourth-order valence-corrected chi connectivity index (χ4v) is 2.51. The Kier molecular flexibility index (Phi) is 3.03. The summed E-state index contributed by atoms with van der Waals surface area (Å²) < 4.78 is 0.858. The van der Waals surface area contributed by atoms with Crippen molar-refractivity contribution >= 4 is 38.8 Å².